The number of aliphatic imine (C=N–C) groups is 1. The van der Waals surface area contributed by atoms with Crippen molar-refractivity contribution in [3.63, 3.8) is 0 Å². The highest BCUT2D eigenvalue weighted by molar-refractivity contribution is 5.77. The molecule has 0 saturated heterocycles. The van der Waals surface area contributed by atoms with Gasteiger partial charge in [0.2, 0.25) is 0 Å². The third-order valence-corrected chi connectivity index (χ3v) is 2.83. The molecule has 5 heteroatoms. The second-order valence-electron chi connectivity index (χ2n) is 4.59. The predicted octanol–water partition coefficient (Wildman–Crippen LogP) is 2.34. The lowest BCUT2D eigenvalue weighted by Crippen LogP contribution is -2.33. The molecule has 0 spiro atoms. The number of rotatable bonds is 9. The van der Waals surface area contributed by atoms with E-state index < -0.39 is 0 Å². The number of benzene rings is 1. The van der Waals surface area contributed by atoms with Crippen LogP contribution < -0.4 is 20.5 Å². The van der Waals surface area contributed by atoms with Crippen molar-refractivity contribution in [3.8, 4) is 11.5 Å². The number of hydrogen-bond acceptors (Lipinski definition) is 3. The van der Waals surface area contributed by atoms with E-state index in [1.165, 1.54) is 5.56 Å². The van der Waals surface area contributed by atoms with Gasteiger partial charge in [0.1, 0.15) is 0 Å². The van der Waals surface area contributed by atoms with Crippen molar-refractivity contribution in [3.05, 3.63) is 23.8 Å². The van der Waals surface area contributed by atoms with Gasteiger partial charge in [-0.25, -0.2) is 0 Å². The summed E-state index contributed by atoms with van der Waals surface area (Å²) in [4.78, 5) is 4.20. The van der Waals surface area contributed by atoms with E-state index in [0.717, 1.165) is 37.4 Å². The van der Waals surface area contributed by atoms with E-state index in [0.29, 0.717) is 19.2 Å². The van der Waals surface area contributed by atoms with Crippen LogP contribution in [0.4, 0.5) is 0 Å². The fourth-order valence-electron chi connectivity index (χ4n) is 1.87. The van der Waals surface area contributed by atoms with E-state index in [9.17, 15) is 0 Å². The molecule has 0 amide bonds. The van der Waals surface area contributed by atoms with Gasteiger partial charge in [0.15, 0.2) is 17.5 Å². The van der Waals surface area contributed by atoms with Crippen LogP contribution >= 0.6 is 0 Å². The number of nitrogens with two attached hydrogens (primary N) is 1. The molecule has 0 atom stereocenters. The monoisotopic (exact) mass is 293 g/mol. The zero-order valence-electron chi connectivity index (χ0n) is 13.3. The summed E-state index contributed by atoms with van der Waals surface area (Å²) in [7, 11) is 0. The fraction of sp³-hybridized carbons (Fsp3) is 0.562. The van der Waals surface area contributed by atoms with Crippen molar-refractivity contribution in [2.75, 3.05) is 26.3 Å². The van der Waals surface area contributed by atoms with E-state index in [4.69, 9.17) is 15.2 Å². The van der Waals surface area contributed by atoms with E-state index >= 15 is 0 Å². The molecule has 1 rings (SSSR count). The molecule has 0 aliphatic carbocycles. The summed E-state index contributed by atoms with van der Waals surface area (Å²) >= 11 is 0. The summed E-state index contributed by atoms with van der Waals surface area (Å²) in [6.45, 7) is 8.77. The quantitative estimate of drug-likeness (QED) is 0.541. The Balaban J connectivity index is 2.57. The van der Waals surface area contributed by atoms with Gasteiger partial charge in [0.05, 0.1) is 13.2 Å². The molecule has 0 bridgehead atoms. The maximum atomic E-state index is 5.76. The van der Waals surface area contributed by atoms with Gasteiger partial charge in [-0.15, -0.1) is 0 Å². The van der Waals surface area contributed by atoms with Crippen molar-refractivity contribution in [1.29, 1.82) is 0 Å². The highest BCUT2D eigenvalue weighted by Crippen LogP contribution is 2.28. The summed E-state index contributed by atoms with van der Waals surface area (Å²) < 4.78 is 11.2. The van der Waals surface area contributed by atoms with E-state index in [2.05, 4.69) is 23.3 Å². The van der Waals surface area contributed by atoms with Crippen LogP contribution in [0.25, 0.3) is 0 Å². The van der Waals surface area contributed by atoms with Gasteiger partial charge in [-0.3, -0.25) is 4.99 Å². The van der Waals surface area contributed by atoms with Crippen LogP contribution in [0.15, 0.2) is 23.2 Å². The van der Waals surface area contributed by atoms with Gasteiger partial charge in [-0.1, -0.05) is 13.0 Å². The van der Waals surface area contributed by atoms with Crippen molar-refractivity contribution in [2.45, 2.75) is 33.6 Å². The van der Waals surface area contributed by atoms with Crippen LogP contribution in [0.3, 0.4) is 0 Å². The zero-order chi connectivity index (χ0) is 15.5. The van der Waals surface area contributed by atoms with Gasteiger partial charge >= 0.3 is 0 Å². The summed E-state index contributed by atoms with van der Waals surface area (Å²) in [5, 5.41) is 3.11. The van der Waals surface area contributed by atoms with Crippen molar-refractivity contribution < 1.29 is 9.47 Å². The highest BCUT2D eigenvalue weighted by atomic mass is 16.5. The third-order valence-electron chi connectivity index (χ3n) is 2.83. The van der Waals surface area contributed by atoms with Crippen LogP contribution in [-0.4, -0.2) is 32.3 Å². The Morgan fingerprint density at radius 1 is 1.14 bits per heavy atom. The lowest BCUT2D eigenvalue weighted by Gasteiger charge is -2.12. The van der Waals surface area contributed by atoms with Crippen molar-refractivity contribution in [2.24, 2.45) is 10.7 Å². The molecule has 0 unspecified atom stereocenters. The largest absolute Gasteiger partial charge is 0.490 e. The summed E-state index contributed by atoms with van der Waals surface area (Å²) in [5.74, 6) is 2.09. The molecule has 0 fully saturated rings. The average molecular weight is 293 g/mol. The van der Waals surface area contributed by atoms with Gasteiger partial charge in [-0.05, 0) is 44.4 Å². The maximum Gasteiger partial charge on any atom is 0.188 e. The first-order chi connectivity index (χ1) is 10.2. The lowest BCUT2D eigenvalue weighted by atomic mass is 10.1. The summed E-state index contributed by atoms with van der Waals surface area (Å²) in [5.41, 5.74) is 6.94. The molecule has 3 N–H and O–H groups in total. The SMILES string of the molecule is CCCN=C(N)NCCc1ccc(OCC)c(OCC)c1. The Morgan fingerprint density at radius 2 is 1.86 bits per heavy atom. The molecule has 0 saturated carbocycles. The number of nitrogens with zero attached hydrogens (tertiary/aromatic N) is 1. The zero-order valence-corrected chi connectivity index (χ0v) is 13.3. The standard InChI is InChI=1S/C16H27N3O2/c1-4-10-18-16(17)19-11-9-13-7-8-14(20-5-2)15(12-13)21-6-3/h7-8,12H,4-6,9-11H2,1-3H3,(H3,17,18,19). The second-order valence-corrected chi connectivity index (χ2v) is 4.59. The van der Waals surface area contributed by atoms with Crippen LogP contribution in [0.5, 0.6) is 11.5 Å². The van der Waals surface area contributed by atoms with Gasteiger partial charge in [-0.2, -0.15) is 0 Å². The minimum atomic E-state index is 0.507. The highest BCUT2D eigenvalue weighted by Gasteiger charge is 2.06. The molecular weight excluding hydrogens is 266 g/mol. The van der Waals surface area contributed by atoms with Gasteiger partial charge < -0.3 is 20.5 Å². The molecule has 5 nitrogen and oxygen atoms in total. The Kier molecular flexibility index (Phi) is 8.09. The predicted molar refractivity (Wildman–Crippen MR) is 87.3 cm³/mol. The first kappa shape index (κ1) is 17.1. The third kappa shape index (κ3) is 6.38. The average Bonchev–Trinajstić information content (AvgIpc) is 2.48. The molecule has 0 aromatic heterocycles. The Hall–Kier alpha value is -1.91. The lowest BCUT2D eigenvalue weighted by molar-refractivity contribution is 0.287. The van der Waals surface area contributed by atoms with Gasteiger partial charge in [0.25, 0.3) is 0 Å². The molecule has 21 heavy (non-hydrogen) atoms. The smallest absolute Gasteiger partial charge is 0.188 e. The molecule has 0 radical (unpaired) electrons. The van der Waals surface area contributed by atoms with Crippen LogP contribution in [0.1, 0.15) is 32.8 Å². The molecule has 0 heterocycles. The summed E-state index contributed by atoms with van der Waals surface area (Å²) in [6, 6.07) is 6.03. The van der Waals surface area contributed by atoms with Crippen LogP contribution in [0.2, 0.25) is 0 Å². The van der Waals surface area contributed by atoms with Gasteiger partial charge in [0, 0.05) is 13.1 Å². The number of hydrogen-bond donors (Lipinski definition) is 2. The summed E-state index contributed by atoms with van der Waals surface area (Å²) in [6.07, 6.45) is 1.85. The number of ether oxygens (including phenoxy) is 2. The number of nitrogens with one attached hydrogen (secondary N) is 1. The molecule has 118 valence electrons. The Morgan fingerprint density at radius 3 is 2.52 bits per heavy atom. The first-order valence-corrected chi connectivity index (χ1v) is 7.63. The van der Waals surface area contributed by atoms with E-state index in [1.54, 1.807) is 0 Å². The van der Waals surface area contributed by atoms with Crippen molar-refractivity contribution in [1.82, 2.24) is 5.32 Å². The first-order valence-electron chi connectivity index (χ1n) is 7.63. The number of guanidine groups is 1. The maximum absolute atomic E-state index is 5.76. The van der Waals surface area contributed by atoms with Crippen molar-refractivity contribution >= 4 is 5.96 Å². The molecular formula is C16H27N3O2. The fourth-order valence-corrected chi connectivity index (χ4v) is 1.87. The minimum absolute atomic E-state index is 0.507. The molecule has 1 aromatic carbocycles. The van der Waals surface area contributed by atoms with Crippen LogP contribution in [-0.2, 0) is 6.42 Å². The minimum Gasteiger partial charge on any atom is -0.490 e. The van der Waals surface area contributed by atoms with E-state index in [1.807, 2.05) is 26.0 Å². The van der Waals surface area contributed by atoms with E-state index in [-0.39, 0.29) is 0 Å². The topological polar surface area (TPSA) is 68.9 Å². The molecule has 0 aliphatic rings. The molecule has 1 aromatic rings. The molecule has 0 aliphatic heterocycles. The second kappa shape index (κ2) is 9.91. The normalized spacial score (nSPS) is 11.3. The Bertz CT molecular complexity index is 447. The van der Waals surface area contributed by atoms with Crippen LogP contribution in [0, 0.1) is 0 Å². The Labute approximate surface area is 127 Å².